The first-order chi connectivity index (χ1) is 31.2. The summed E-state index contributed by atoms with van der Waals surface area (Å²) in [5.41, 5.74) is 4.48. The molecule has 0 unspecified atom stereocenters. The Hall–Kier alpha value is -4.54. The van der Waals surface area contributed by atoms with Gasteiger partial charge in [0.25, 0.3) is 0 Å². The highest BCUT2D eigenvalue weighted by molar-refractivity contribution is 7.15. The van der Waals surface area contributed by atoms with Crippen LogP contribution in [0.25, 0.3) is 5.00 Å². The van der Waals surface area contributed by atoms with Crippen LogP contribution in [-0.4, -0.2) is 156 Å². The van der Waals surface area contributed by atoms with Gasteiger partial charge in [0, 0.05) is 33.3 Å². The van der Waals surface area contributed by atoms with Crippen molar-refractivity contribution >= 4 is 46.3 Å². The first-order valence-corrected chi connectivity index (χ1v) is 22.4. The van der Waals surface area contributed by atoms with Gasteiger partial charge in [0.2, 0.25) is 5.91 Å². The molecule has 0 bridgehead atoms. The Bertz CT molecular complexity index is 2030. The Morgan fingerprint density at radius 1 is 0.688 bits per heavy atom. The van der Waals surface area contributed by atoms with Crippen molar-refractivity contribution in [3.05, 3.63) is 86.8 Å². The molecule has 0 aliphatic carbocycles. The number of amides is 2. The minimum atomic E-state index is -1.07. The van der Waals surface area contributed by atoms with Crippen molar-refractivity contribution in [2.75, 3.05) is 124 Å². The van der Waals surface area contributed by atoms with Crippen LogP contribution < -0.4 is 15.4 Å². The lowest BCUT2D eigenvalue weighted by Crippen LogP contribution is -2.25. The molecule has 2 aromatic carbocycles. The summed E-state index contributed by atoms with van der Waals surface area (Å²) in [6, 6.07) is 14.2. The molecule has 4 aromatic rings. The van der Waals surface area contributed by atoms with Crippen LogP contribution in [0.3, 0.4) is 0 Å². The number of carboxylic acid groups (broad SMARTS) is 1. The second-order valence-corrected chi connectivity index (χ2v) is 15.8. The molecule has 18 nitrogen and oxygen atoms in total. The maximum absolute atomic E-state index is 13.5. The molecule has 2 amide bonds. The number of carbonyl (C=O) groups is 2. The molecular weight excluding hydrogens is 872 g/mol. The summed E-state index contributed by atoms with van der Waals surface area (Å²) in [5, 5.41) is 24.2. The summed E-state index contributed by atoms with van der Waals surface area (Å²) >= 11 is 7.90. The number of fused-ring (bicyclic) bond motifs is 3. The van der Waals surface area contributed by atoms with Crippen LogP contribution in [0.5, 0.6) is 5.75 Å². The molecule has 0 saturated carbocycles. The average Bonchev–Trinajstić information content (AvgIpc) is 3.76. The standard InChI is InChI=1S/C44H59ClN6O12S/c1-31-32(2)64-43-40(31)41(34-4-6-35(45)7-5-34)48-38(42-50-49-33(3)51(42)43)30-39(52)47-36-8-10-37(11-9-36)63-29-28-62-27-26-61-25-24-60-23-22-59-21-20-58-19-18-57-17-16-56-15-14-55-13-12-46-44(53)54/h4-11,38,46H,12-30H2,1-3H3,(H,47,52)(H,53,54)/t38-/m0/s1. The van der Waals surface area contributed by atoms with Gasteiger partial charge in [0.05, 0.1) is 118 Å². The van der Waals surface area contributed by atoms with E-state index in [1.807, 2.05) is 35.8 Å². The van der Waals surface area contributed by atoms with Gasteiger partial charge in [-0.05, 0) is 62.7 Å². The van der Waals surface area contributed by atoms with Crippen molar-refractivity contribution in [1.29, 1.82) is 0 Å². The molecule has 0 radical (unpaired) electrons. The molecule has 1 aliphatic rings. The molecule has 1 atom stereocenters. The van der Waals surface area contributed by atoms with E-state index in [2.05, 4.69) is 34.7 Å². The fraction of sp³-hybridized carbons (Fsp3) is 0.523. The van der Waals surface area contributed by atoms with Gasteiger partial charge in [0.1, 0.15) is 29.2 Å². The monoisotopic (exact) mass is 930 g/mol. The minimum Gasteiger partial charge on any atom is -0.491 e. The maximum Gasteiger partial charge on any atom is 0.404 e. The van der Waals surface area contributed by atoms with E-state index in [0.717, 1.165) is 33.2 Å². The van der Waals surface area contributed by atoms with Crippen molar-refractivity contribution in [3.8, 4) is 10.8 Å². The third-order valence-electron chi connectivity index (χ3n) is 9.50. The number of aliphatic imine (C=N–C) groups is 1. The number of ether oxygens (including phenoxy) is 9. The van der Waals surface area contributed by atoms with Crippen molar-refractivity contribution in [3.63, 3.8) is 0 Å². The third-order valence-corrected chi connectivity index (χ3v) is 10.9. The van der Waals surface area contributed by atoms with Crippen molar-refractivity contribution in [2.24, 2.45) is 4.99 Å². The van der Waals surface area contributed by atoms with E-state index in [0.29, 0.717) is 135 Å². The Kier molecular flexibility index (Phi) is 22.4. The molecule has 0 saturated heterocycles. The number of aryl methyl sites for hydroxylation is 2. The van der Waals surface area contributed by atoms with Gasteiger partial charge >= 0.3 is 6.09 Å². The van der Waals surface area contributed by atoms with Crippen LogP contribution in [0.4, 0.5) is 10.5 Å². The fourth-order valence-electron chi connectivity index (χ4n) is 6.24. The lowest BCUT2D eigenvalue weighted by Gasteiger charge is -2.13. The van der Waals surface area contributed by atoms with E-state index >= 15 is 0 Å². The van der Waals surface area contributed by atoms with E-state index in [4.69, 9.17) is 64.3 Å². The molecule has 3 heterocycles. The second kappa shape index (κ2) is 28.4. The highest BCUT2D eigenvalue weighted by Gasteiger charge is 2.32. The van der Waals surface area contributed by atoms with Crippen molar-refractivity contribution < 1.29 is 57.3 Å². The highest BCUT2D eigenvalue weighted by Crippen LogP contribution is 2.39. The summed E-state index contributed by atoms with van der Waals surface area (Å²) in [6.07, 6.45) is -1.00. The fourth-order valence-corrected chi connectivity index (χ4v) is 7.58. The molecule has 64 heavy (non-hydrogen) atoms. The third kappa shape index (κ3) is 17.1. The molecular formula is C44H59ClN6O12S. The first kappa shape index (κ1) is 50.5. The van der Waals surface area contributed by atoms with E-state index in [-0.39, 0.29) is 18.9 Å². The van der Waals surface area contributed by atoms with Gasteiger partial charge in [-0.1, -0.05) is 23.7 Å². The Morgan fingerprint density at radius 3 is 1.70 bits per heavy atom. The smallest absolute Gasteiger partial charge is 0.404 e. The Labute approximate surface area is 382 Å². The normalized spacial score (nSPS) is 13.2. The molecule has 0 fully saturated rings. The first-order valence-electron chi connectivity index (χ1n) is 21.2. The number of carbonyl (C=O) groups excluding carboxylic acids is 1. The largest absolute Gasteiger partial charge is 0.491 e. The van der Waals surface area contributed by atoms with E-state index < -0.39 is 12.1 Å². The summed E-state index contributed by atoms with van der Waals surface area (Å²) in [4.78, 5) is 30.2. The molecule has 0 spiro atoms. The number of halogens is 1. The van der Waals surface area contributed by atoms with Crippen molar-refractivity contribution in [2.45, 2.75) is 33.2 Å². The van der Waals surface area contributed by atoms with E-state index in [1.54, 1.807) is 35.6 Å². The quantitative estimate of drug-likeness (QED) is 0.0510. The van der Waals surface area contributed by atoms with Crippen molar-refractivity contribution in [1.82, 2.24) is 20.1 Å². The van der Waals surface area contributed by atoms with E-state index in [9.17, 15) is 9.59 Å². The Balaban J connectivity index is 0.856. The van der Waals surface area contributed by atoms with Gasteiger partial charge in [0.15, 0.2) is 5.82 Å². The van der Waals surface area contributed by atoms with Gasteiger partial charge in [-0.25, -0.2) is 4.79 Å². The van der Waals surface area contributed by atoms with Crippen LogP contribution in [0, 0.1) is 20.8 Å². The van der Waals surface area contributed by atoms with Gasteiger partial charge in [-0.2, -0.15) is 0 Å². The summed E-state index contributed by atoms with van der Waals surface area (Å²) in [7, 11) is 0. The number of thiophene rings is 1. The number of rotatable bonds is 32. The lowest BCUT2D eigenvalue weighted by molar-refractivity contribution is -0.116. The number of nitrogens with zero attached hydrogens (tertiary/aromatic N) is 4. The number of nitrogens with one attached hydrogen (secondary N) is 2. The number of hydrogen-bond acceptors (Lipinski definition) is 15. The molecule has 5 rings (SSSR count). The molecule has 20 heteroatoms. The van der Waals surface area contributed by atoms with Crippen LogP contribution in [0.2, 0.25) is 5.02 Å². The predicted octanol–water partition coefficient (Wildman–Crippen LogP) is 5.61. The van der Waals surface area contributed by atoms with Crippen LogP contribution in [0.15, 0.2) is 53.5 Å². The van der Waals surface area contributed by atoms with Crippen LogP contribution in [-0.2, 0) is 42.7 Å². The summed E-state index contributed by atoms with van der Waals surface area (Å²) in [6.45, 7) is 13.6. The van der Waals surface area contributed by atoms with Crippen LogP contribution >= 0.6 is 22.9 Å². The molecule has 2 aromatic heterocycles. The summed E-state index contributed by atoms with van der Waals surface area (Å²) < 4.78 is 51.6. The van der Waals surface area contributed by atoms with Crippen LogP contribution in [0.1, 0.15) is 45.7 Å². The van der Waals surface area contributed by atoms with E-state index in [1.165, 1.54) is 4.88 Å². The zero-order valence-corrected chi connectivity index (χ0v) is 38.2. The highest BCUT2D eigenvalue weighted by atomic mass is 35.5. The Morgan fingerprint density at radius 2 is 1.19 bits per heavy atom. The molecule has 1 aliphatic heterocycles. The topological polar surface area (TPSA) is 205 Å². The zero-order chi connectivity index (χ0) is 45.4. The van der Waals surface area contributed by atoms with Gasteiger partial charge in [-0.3, -0.25) is 14.4 Å². The average molecular weight is 932 g/mol. The second-order valence-electron chi connectivity index (χ2n) is 14.2. The SMILES string of the molecule is Cc1sc2c(c1C)C(c1ccc(Cl)cc1)=N[C@@H](CC(=O)Nc1ccc(OCCOCCOCCOCCOCCOCCOCCOCCOCCNC(=O)O)cc1)c1nnc(C)n1-2. The number of aromatic nitrogens is 3. The number of hydrogen-bond donors (Lipinski definition) is 3. The maximum atomic E-state index is 13.5. The number of benzene rings is 2. The number of anilines is 1. The zero-order valence-electron chi connectivity index (χ0n) is 36.6. The van der Waals surface area contributed by atoms with Gasteiger partial charge < -0.3 is 58.4 Å². The minimum absolute atomic E-state index is 0.0675. The summed E-state index contributed by atoms with van der Waals surface area (Å²) in [5.74, 6) is 1.80. The molecule has 350 valence electrons. The lowest BCUT2D eigenvalue weighted by atomic mass is 9.99. The molecule has 3 N–H and O–H groups in total. The van der Waals surface area contributed by atoms with Gasteiger partial charge in [-0.15, -0.1) is 21.5 Å². The predicted molar refractivity (Wildman–Crippen MR) is 241 cm³/mol.